The van der Waals surface area contributed by atoms with E-state index < -0.39 is 5.91 Å². The molecule has 0 saturated carbocycles. The summed E-state index contributed by atoms with van der Waals surface area (Å²) < 4.78 is 11.7. The number of nitrogens with one attached hydrogen (secondary N) is 1. The van der Waals surface area contributed by atoms with Gasteiger partial charge in [-0.25, -0.2) is 0 Å². The number of ether oxygens (including phenoxy) is 2. The van der Waals surface area contributed by atoms with Crippen molar-refractivity contribution in [2.75, 3.05) is 19.5 Å². The maximum atomic E-state index is 13.1. The minimum Gasteiger partial charge on any atom is -0.497 e. The normalized spacial score (nSPS) is 10.6. The minimum atomic E-state index is -0.434. The molecule has 30 heavy (non-hydrogen) atoms. The number of carbonyl (C=O) groups is 1. The predicted molar refractivity (Wildman–Crippen MR) is 115 cm³/mol. The molecule has 7 heteroatoms. The second kappa shape index (κ2) is 8.08. The molecule has 4 aromatic rings. The standard InChI is InChI=1S/C23H19N3O4/c1-29-17-9-5-7-15(13-17)24-22(27)21-19-11-3-4-12-20(19)23(28)26(25-21)16-8-6-10-18(14-16)30-2/h3-14H,1-2H3,(H,24,27). The van der Waals surface area contributed by atoms with Crippen LogP contribution in [0.5, 0.6) is 11.5 Å². The summed E-state index contributed by atoms with van der Waals surface area (Å²) >= 11 is 0. The van der Waals surface area contributed by atoms with Gasteiger partial charge < -0.3 is 14.8 Å². The van der Waals surface area contributed by atoms with Gasteiger partial charge in [0, 0.05) is 23.2 Å². The molecule has 0 unspecified atom stereocenters. The summed E-state index contributed by atoms with van der Waals surface area (Å²) in [6.07, 6.45) is 0. The second-order valence-electron chi connectivity index (χ2n) is 6.50. The van der Waals surface area contributed by atoms with Crippen molar-refractivity contribution in [2.45, 2.75) is 0 Å². The molecule has 7 nitrogen and oxygen atoms in total. The summed E-state index contributed by atoms with van der Waals surface area (Å²) in [5.74, 6) is 0.764. The van der Waals surface area contributed by atoms with Crippen LogP contribution in [0.2, 0.25) is 0 Å². The Morgan fingerprint density at radius 2 is 1.53 bits per heavy atom. The average molecular weight is 401 g/mol. The monoisotopic (exact) mass is 401 g/mol. The number of hydrogen-bond acceptors (Lipinski definition) is 5. The van der Waals surface area contributed by atoms with Crippen LogP contribution in [0.1, 0.15) is 10.5 Å². The van der Waals surface area contributed by atoms with Crippen LogP contribution in [0.25, 0.3) is 16.5 Å². The van der Waals surface area contributed by atoms with Crippen molar-refractivity contribution >= 4 is 22.4 Å². The molecule has 0 fully saturated rings. The minimum absolute atomic E-state index is 0.135. The number of nitrogens with zero attached hydrogens (tertiary/aromatic N) is 2. The zero-order valence-electron chi connectivity index (χ0n) is 16.5. The quantitative estimate of drug-likeness (QED) is 0.552. The van der Waals surface area contributed by atoms with Crippen LogP contribution in [0.3, 0.4) is 0 Å². The zero-order valence-corrected chi connectivity index (χ0v) is 16.5. The van der Waals surface area contributed by atoms with Crippen LogP contribution in [-0.4, -0.2) is 29.9 Å². The molecule has 1 N–H and O–H groups in total. The summed E-state index contributed by atoms with van der Waals surface area (Å²) in [4.78, 5) is 26.1. The molecule has 1 heterocycles. The molecule has 0 aliphatic heterocycles. The van der Waals surface area contributed by atoms with Gasteiger partial charge in [-0.2, -0.15) is 9.78 Å². The molecule has 4 rings (SSSR count). The van der Waals surface area contributed by atoms with Gasteiger partial charge in [-0.1, -0.05) is 30.3 Å². The predicted octanol–water partition coefficient (Wildman–Crippen LogP) is 3.66. The van der Waals surface area contributed by atoms with Gasteiger partial charge in [-0.15, -0.1) is 0 Å². The molecule has 0 spiro atoms. The van der Waals surface area contributed by atoms with Gasteiger partial charge >= 0.3 is 0 Å². The Morgan fingerprint density at radius 1 is 0.867 bits per heavy atom. The number of fused-ring (bicyclic) bond motifs is 1. The van der Waals surface area contributed by atoms with Crippen LogP contribution in [-0.2, 0) is 0 Å². The van der Waals surface area contributed by atoms with Crippen LogP contribution < -0.4 is 20.3 Å². The molecule has 0 bridgehead atoms. The summed E-state index contributed by atoms with van der Waals surface area (Å²) in [7, 11) is 3.10. The Labute approximate surface area is 172 Å². The van der Waals surface area contributed by atoms with E-state index in [2.05, 4.69) is 10.4 Å². The van der Waals surface area contributed by atoms with Crippen molar-refractivity contribution in [3.8, 4) is 17.2 Å². The lowest BCUT2D eigenvalue weighted by Gasteiger charge is -2.12. The van der Waals surface area contributed by atoms with Gasteiger partial charge in [-0.05, 0) is 30.3 Å². The molecule has 3 aromatic carbocycles. The van der Waals surface area contributed by atoms with Gasteiger partial charge in [0.1, 0.15) is 11.5 Å². The fourth-order valence-corrected chi connectivity index (χ4v) is 3.17. The number of amides is 1. The van der Waals surface area contributed by atoms with E-state index in [0.29, 0.717) is 33.6 Å². The van der Waals surface area contributed by atoms with Crippen molar-refractivity contribution in [1.29, 1.82) is 0 Å². The molecule has 150 valence electrons. The first-order chi connectivity index (χ1) is 14.6. The van der Waals surface area contributed by atoms with E-state index in [-0.39, 0.29) is 11.3 Å². The Balaban J connectivity index is 1.85. The number of hydrogen-bond donors (Lipinski definition) is 1. The third-order valence-electron chi connectivity index (χ3n) is 4.65. The SMILES string of the molecule is COc1cccc(NC(=O)c2nn(-c3cccc(OC)c3)c(=O)c3ccccc23)c1. The topological polar surface area (TPSA) is 82.4 Å². The highest BCUT2D eigenvalue weighted by atomic mass is 16.5. The van der Waals surface area contributed by atoms with E-state index in [9.17, 15) is 9.59 Å². The number of carbonyl (C=O) groups excluding carboxylic acids is 1. The molecule has 0 radical (unpaired) electrons. The van der Waals surface area contributed by atoms with Crippen molar-refractivity contribution < 1.29 is 14.3 Å². The highest BCUT2D eigenvalue weighted by Gasteiger charge is 2.18. The summed E-state index contributed by atoms with van der Waals surface area (Å²) in [6, 6.07) is 20.9. The number of benzene rings is 3. The van der Waals surface area contributed by atoms with Gasteiger partial charge in [0.15, 0.2) is 5.69 Å². The lowest BCUT2D eigenvalue weighted by molar-refractivity contribution is 0.102. The van der Waals surface area contributed by atoms with Crippen molar-refractivity contribution in [3.05, 3.63) is 88.8 Å². The lowest BCUT2D eigenvalue weighted by atomic mass is 10.1. The van der Waals surface area contributed by atoms with E-state index in [1.165, 1.54) is 4.68 Å². The molecule has 1 aromatic heterocycles. The van der Waals surface area contributed by atoms with Crippen molar-refractivity contribution in [3.63, 3.8) is 0 Å². The summed E-state index contributed by atoms with van der Waals surface area (Å²) in [5.41, 5.74) is 0.873. The van der Waals surface area contributed by atoms with E-state index in [0.717, 1.165) is 0 Å². The average Bonchev–Trinajstić information content (AvgIpc) is 2.79. The maximum absolute atomic E-state index is 13.1. The molecule has 0 saturated heterocycles. The van der Waals surface area contributed by atoms with Gasteiger partial charge in [0.25, 0.3) is 11.5 Å². The lowest BCUT2D eigenvalue weighted by Crippen LogP contribution is -2.26. The third kappa shape index (κ3) is 3.60. The van der Waals surface area contributed by atoms with Gasteiger partial charge in [0.2, 0.25) is 0 Å². The first-order valence-electron chi connectivity index (χ1n) is 9.22. The molecule has 0 atom stereocenters. The van der Waals surface area contributed by atoms with Crippen LogP contribution in [0.4, 0.5) is 5.69 Å². The molecule has 0 aliphatic carbocycles. The Hall–Kier alpha value is -4.13. The smallest absolute Gasteiger partial charge is 0.279 e. The molecular weight excluding hydrogens is 382 g/mol. The fourth-order valence-electron chi connectivity index (χ4n) is 3.17. The third-order valence-corrected chi connectivity index (χ3v) is 4.65. The summed E-state index contributed by atoms with van der Waals surface area (Å²) in [6.45, 7) is 0. The van der Waals surface area contributed by atoms with Gasteiger partial charge in [0.05, 0.1) is 25.3 Å². The highest BCUT2D eigenvalue weighted by molar-refractivity contribution is 6.11. The Kier molecular flexibility index (Phi) is 5.17. The molecule has 0 aliphatic rings. The van der Waals surface area contributed by atoms with E-state index in [1.54, 1.807) is 87.0 Å². The van der Waals surface area contributed by atoms with Crippen LogP contribution in [0.15, 0.2) is 77.6 Å². The van der Waals surface area contributed by atoms with Crippen molar-refractivity contribution in [1.82, 2.24) is 9.78 Å². The van der Waals surface area contributed by atoms with Crippen molar-refractivity contribution in [2.24, 2.45) is 0 Å². The van der Waals surface area contributed by atoms with Crippen LogP contribution >= 0.6 is 0 Å². The number of anilines is 1. The van der Waals surface area contributed by atoms with E-state index in [1.807, 2.05) is 0 Å². The number of rotatable bonds is 5. The molecule has 1 amide bonds. The van der Waals surface area contributed by atoms with Crippen LogP contribution in [0, 0.1) is 0 Å². The molecular formula is C23H19N3O4. The first kappa shape index (κ1) is 19.2. The Morgan fingerprint density at radius 3 is 2.27 bits per heavy atom. The maximum Gasteiger partial charge on any atom is 0.279 e. The zero-order chi connectivity index (χ0) is 21.1. The van der Waals surface area contributed by atoms with E-state index in [4.69, 9.17) is 9.47 Å². The first-order valence-corrected chi connectivity index (χ1v) is 9.22. The Bertz CT molecular complexity index is 1300. The largest absolute Gasteiger partial charge is 0.497 e. The van der Waals surface area contributed by atoms with Gasteiger partial charge in [-0.3, -0.25) is 9.59 Å². The number of aromatic nitrogens is 2. The summed E-state index contributed by atoms with van der Waals surface area (Å²) in [5, 5.41) is 8.08. The fraction of sp³-hybridized carbons (Fsp3) is 0.0870. The number of methoxy groups -OCH3 is 2. The highest BCUT2D eigenvalue weighted by Crippen LogP contribution is 2.21. The second-order valence-corrected chi connectivity index (χ2v) is 6.50. The van der Waals surface area contributed by atoms with E-state index >= 15 is 0 Å².